The van der Waals surface area contributed by atoms with E-state index in [1.165, 1.54) is 50.9 Å². The van der Waals surface area contributed by atoms with Gasteiger partial charge in [0.15, 0.2) is 0 Å². The van der Waals surface area contributed by atoms with Crippen LogP contribution in [0.5, 0.6) is 0 Å². The first-order chi connectivity index (χ1) is 10.1. The van der Waals surface area contributed by atoms with Crippen LogP contribution in [0.4, 0.5) is 0 Å². The Hall–Kier alpha value is -1.82. The number of allylic oxidation sites excluding steroid dienone is 1. The molecule has 108 valence electrons. The maximum atomic E-state index is 2.39. The molecule has 0 heteroatoms. The van der Waals surface area contributed by atoms with Crippen LogP contribution in [0.1, 0.15) is 48.1 Å². The molecule has 2 aromatic carbocycles. The van der Waals surface area contributed by atoms with Gasteiger partial charge in [0.1, 0.15) is 0 Å². The van der Waals surface area contributed by atoms with Crippen LogP contribution in [-0.2, 0) is 12.8 Å². The number of aryl methyl sites for hydroxylation is 3. The number of rotatable bonds is 3. The van der Waals surface area contributed by atoms with Crippen molar-refractivity contribution in [2.24, 2.45) is 0 Å². The second-order valence-corrected chi connectivity index (χ2v) is 6.47. The highest BCUT2D eigenvalue weighted by molar-refractivity contribution is 5.83. The average Bonchev–Trinajstić information content (AvgIpc) is 2.77. The minimum Gasteiger partial charge on any atom is -0.0683 e. The summed E-state index contributed by atoms with van der Waals surface area (Å²) in [6.45, 7) is 8.89. The molecule has 3 rings (SSSR count). The summed E-state index contributed by atoms with van der Waals surface area (Å²) in [5.41, 5.74) is 11.5. The standard InChI is InChI=1S/C21H24/c1-5-6-17-7-8-18-10-16(4)13-20(18)21(17)19-11-14(2)9-15(3)12-19/h7-9,11-13H,5-6,10H2,1-4H3. The first-order valence-electron chi connectivity index (χ1n) is 7.99. The second kappa shape index (κ2) is 5.52. The van der Waals surface area contributed by atoms with Gasteiger partial charge < -0.3 is 0 Å². The minimum atomic E-state index is 1.11. The summed E-state index contributed by atoms with van der Waals surface area (Å²) in [5, 5.41) is 0. The second-order valence-electron chi connectivity index (χ2n) is 6.47. The molecule has 0 aromatic heterocycles. The lowest BCUT2D eigenvalue weighted by atomic mass is 9.89. The van der Waals surface area contributed by atoms with Crippen molar-refractivity contribution < 1.29 is 0 Å². The Morgan fingerprint density at radius 1 is 0.952 bits per heavy atom. The molecular weight excluding hydrogens is 252 g/mol. The third-order valence-corrected chi connectivity index (χ3v) is 4.31. The van der Waals surface area contributed by atoms with E-state index in [4.69, 9.17) is 0 Å². The highest BCUT2D eigenvalue weighted by atomic mass is 14.2. The van der Waals surface area contributed by atoms with E-state index in [1.54, 1.807) is 0 Å². The molecule has 0 aliphatic heterocycles. The summed E-state index contributed by atoms with van der Waals surface area (Å²) in [6, 6.07) is 11.6. The topological polar surface area (TPSA) is 0 Å². The summed E-state index contributed by atoms with van der Waals surface area (Å²) in [7, 11) is 0. The molecule has 0 fully saturated rings. The van der Waals surface area contributed by atoms with E-state index in [0.29, 0.717) is 0 Å². The normalized spacial score (nSPS) is 13.2. The Labute approximate surface area is 128 Å². The third kappa shape index (κ3) is 2.68. The largest absolute Gasteiger partial charge is 0.0683 e. The van der Waals surface area contributed by atoms with E-state index < -0.39 is 0 Å². The maximum Gasteiger partial charge on any atom is -0.00604 e. The van der Waals surface area contributed by atoms with Crippen LogP contribution in [0.25, 0.3) is 17.2 Å². The first-order valence-corrected chi connectivity index (χ1v) is 7.99. The van der Waals surface area contributed by atoms with E-state index in [0.717, 1.165) is 12.8 Å². The van der Waals surface area contributed by atoms with E-state index in [9.17, 15) is 0 Å². The lowest BCUT2D eigenvalue weighted by molar-refractivity contribution is 0.922. The number of fused-ring (bicyclic) bond motifs is 1. The first kappa shape index (κ1) is 14.1. The molecule has 0 nitrogen and oxygen atoms in total. The van der Waals surface area contributed by atoms with Crippen LogP contribution in [0.2, 0.25) is 0 Å². The Morgan fingerprint density at radius 3 is 2.33 bits per heavy atom. The predicted octanol–water partition coefficient (Wildman–Crippen LogP) is 5.88. The van der Waals surface area contributed by atoms with Gasteiger partial charge in [0.2, 0.25) is 0 Å². The molecule has 0 unspecified atom stereocenters. The number of benzene rings is 2. The average molecular weight is 276 g/mol. The summed E-state index contributed by atoms with van der Waals surface area (Å²) in [4.78, 5) is 0. The Bertz CT molecular complexity index is 697. The smallest absolute Gasteiger partial charge is 0.00604 e. The van der Waals surface area contributed by atoms with Crippen LogP contribution < -0.4 is 0 Å². The van der Waals surface area contributed by atoms with Gasteiger partial charge in [-0.25, -0.2) is 0 Å². The van der Waals surface area contributed by atoms with Crippen LogP contribution >= 0.6 is 0 Å². The summed E-state index contributed by atoms with van der Waals surface area (Å²) < 4.78 is 0. The molecule has 0 heterocycles. The fourth-order valence-electron chi connectivity index (χ4n) is 3.56. The predicted molar refractivity (Wildman–Crippen MR) is 92.7 cm³/mol. The number of hydrogen-bond acceptors (Lipinski definition) is 0. The van der Waals surface area contributed by atoms with E-state index in [2.05, 4.69) is 64.1 Å². The monoisotopic (exact) mass is 276 g/mol. The van der Waals surface area contributed by atoms with E-state index >= 15 is 0 Å². The quantitative estimate of drug-likeness (QED) is 0.656. The van der Waals surface area contributed by atoms with Crippen molar-refractivity contribution in [1.82, 2.24) is 0 Å². The fraction of sp³-hybridized carbons (Fsp3) is 0.333. The minimum absolute atomic E-state index is 1.11. The molecule has 2 aromatic rings. The molecule has 0 saturated carbocycles. The van der Waals surface area contributed by atoms with Gasteiger partial charge in [-0.3, -0.25) is 0 Å². The van der Waals surface area contributed by atoms with Crippen molar-refractivity contribution in [3.05, 3.63) is 63.7 Å². The van der Waals surface area contributed by atoms with Crippen molar-refractivity contribution in [2.75, 3.05) is 0 Å². The van der Waals surface area contributed by atoms with Crippen LogP contribution in [-0.4, -0.2) is 0 Å². The molecule has 0 N–H and O–H groups in total. The zero-order valence-electron chi connectivity index (χ0n) is 13.6. The Balaban J connectivity index is 2.26. The van der Waals surface area contributed by atoms with Gasteiger partial charge in [0.25, 0.3) is 0 Å². The van der Waals surface area contributed by atoms with Crippen molar-refractivity contribution in [1.29, 1.82) is 0 Å². The summed E-state index contributed by atoms with van der Waals surface area (Å²) >= 11 is 0. The van der Waals surface area contributed by atoms with Crippen molar-refractivity contribution >= 4 is 6.08 Å². The molecule has 0 spiro atoms. The number of hydrogen-bond donors (Lipinski definition) is 0. The Kier molecular flexibility index (Phi) is 3.71. The molecule has 0 radical (unpaired) electrons. The zero-order chi connectivity index (χ0) is 15.0. The van der Waals surface area contributed by atoms with Gasteiger partial charge in [0.05, 0.1) is 0 Å². The molecule has 0 bridgehead atoms. The van der Waals surface area contributed by atoms with Gasteiger partial charge in [-0.1, -0.05) is 66.5 Å². The van der Waals surface area contributed by atoms with E-state index in [-0.39, 0.29) is 0 Å². The zero-order valence-corrected chi connectivity index (χ0v) is 13.6. The molecular formula is C21H24. The van der Waals surface area contributed by atoms with E-state index in [1.807, 2.05) is 0 Å². The SMILES string of the molecule is CCCc1ccc2c(c1-c1cc(C)cc(C)c1)C=C(C)C2. The van der Waals surface area contributed by atoms with Crippen molar-refractivity contribution in [3.8, 4) is 11.1 Å². The van der Waals surface area contributed by atoms with Gasteiger partial charge in [-0.05, 0) is 61.4 Å². The summed E-state index contributed by atoms with van der Waals surface area (Å²) in [6.07, 6.45) is 5.85. The highest BCUT2D eigenvalue weighted by Crippen LogP contribution is 2.37. The molecule has 21 heavy (non-hydrogen) atoms. The van der Waals surface area contributed by atoms with Gasteiger partial charge >= 0.3 is 0 Å². The lowest BCUT2D eigenvalue weighted by Crippen LogP contribution is -1.96. The van der Waals surface area contributed by atoms with Crippen LogP contribution in [0.15, 0.2) is 35.9 Å². The molecule has 0 atom stereocenters. The van der Waals surface area contributed by atoms with Crippen molar-refractivity contribution in [2.45, 2.75) is 47.0 Å². The Morgan fingerprint density at radius 2 is 1.67 bits per heavy atom. The lowest BCUT2D eigenvalue weighted by Gasteiger charge is -2.15. The van der Waals surface area contributed by atoms with Gasteiger partial charge in [-0.2, -0.15) is 0 Å². The van der Waals surface area contributed by atoms with Crippen LogP contribution in [0.3, 0.4) is 0 Å². The maximum absolute atomic E-state index is 2.39. The van der Waals surface area contributed by atoms with Gasteiger partial charge in [-0.15, -0.1) is 0 Å². The molecule has 1 aliphatic rings. The molecule has 1 aliphatic carbocycles. The summed E-state index contributed by atoms with van der Waals surface area (Å²) in [5.74, 6) is 0. The van der Waals surface area contributed by atoms with Gasteiger partial charge in [0, 0.05) is 0 Å². The highest BCUT2D eigenvalue weighted by Gasteiger charge is 2.18. The molecule has 0 saturated heterocycles. The third-order valence-electron chi connectivity index (χ3n) is 4.31. The van der Waals surface area contributed by atoms with Crippen LogP contribution in [0, 0.1) is 13.8 Å². The fourth-order valence-corrected chi connectivity index (χ4v) is 3.56. The van der Waals surface area contributed by atoms with Crippen molar-refractivity contribution in [3.63, 3.8) is 0 Å². The molecule has 0 amide bonds.